The maximum atomic E-state index is 13.7. The maximum Gasteiger partial charge on any atom is 0.172 e. The van der Waals surface area contributed by atoms with Crippen LogP contribution in [-0.2, 0) is 6.42 Å². The molecule has 0 fully saturated rings. The molecule has 0 saturated carbocycles. The Bertz CT molecular complexity index is 879. The average Bonchev–Trinajstić information content (AvgIpc) is 2.60. The van der Waals surface area contributed by atoms with Gasteiger partial charge in [0.25, 0.3) is 0 Å². The van der Waals surface area contributed by atoms with Crippen LogP contribution in [0.2, 0.25) is 0 Å². The quantitative estimate of drug-likeness (QED) is 0.230. The first kappa shape index (κ1) is 18.8. The van der Waals surface area contributed by atoms with Gasteiger partial charge in [0.05, 0.1) is 3.57 Å². The van der Waals surface area contributed by atoms with Crippen LogP contribution in [0.3, 0.4) is 0 Å². The average molecular weight is 560 g/mol. The Kier molecular flexibility index (Phi) is 6.09. The van der Waals surface area contributed by atoms with Gasteiger partial charge in [-0.2, -0.15) is 0 Å². The molecule has 3 aromatic carbocycles. The summed E-state index contributed by atoms with van der Waals surface area (Å²) in [5, 5.41) is 0. The fourth-order valence-corrected chi connectivity index (χ4v) is 4.21. The molecule has 0 unspecified atom stereocenters. The molecule has 3 rings (SSSR count). The Morgan fingerprint density at radius 1 is 0.760 bits per heavy atom. The number of rotatable bonds is 4. The first-order valence-corrected chi connectivity index (χ1v) is 10.2. The number of halogens is 4. The van der Waals surface area contributed by atoms with Crippen LogP contribution >= 0.6 is 45.2 Å². The molecule has 0 spiro atoms. The summed E-state index contributed by atoms with van der Waals surface area (Å²) in [5.41, 5.74) is 5.22. The highest BCUT2D eigenvalue weighted by molar-refractivity contribution is 14.1. The summed E-state index contributed by atoms with van der Waals surface area (Å²) in [7, 11) is 0. The standard InChI is InChI=1S/C21H16F2I2/c1-2-3-13-4-6-14(7-5-13)15-8-9-17(19(24)11-15)16-10-18(22)21(23)20(25)12-16/h4-12H,2-3H2,1H3. The fraction of sp³-hybridized carbons (Fsp3) is 0.143. The van der Waals surface area contributed by atoms with E-state index in [-0.39, 0.29) is 0 Å². The van der Waals surface area contributed by atoms with E-state index in [4.69, 9.17) is 0 Å². The van der Waals surface area contributed by atoms with Crippen molar-refractivity contribution in [2.24, 2.45) is 0 Å². The van der Waals surface area contributed by atoms with E-state index in [0.29, 0.717) is 9.13 Å². The van der Waals surface area contributed by atoms with Crippen molar-refractivity contribution < 1.29 is 8.78 Å². The van der Waals surface area contributed by atoms with E-state index in [2.05, 4.69) is 59.8 Å². The molecule has 0 bridgehead atoms. The van der Waals surface area contributed by atoms with Crippen molar-refractivity contribution in [3.05, 3.63) is 78.9 Å². The zero-order chi connectivity index (χ0) is 18.0. The Labute approximate surface area is 173 Å². The Balaban J connectivity index is 1.96. The van der Waals surface area contributed by atoms with Gasteiger partial charge in [-0.15, -0.1) is 0 Å². The van der Waals surface area contributed by atoms with Crippen LogP contribution < -0.4 is 0 Å². The Hall–Kier alpha value is -1.02. The molecule has 4 heteroatoms. The molecule has 3 aromatic rings. The molecule has 0 amide bonds. The summed E-state index contributed by atoms with van der Waals surface area (Å²) in [5.74, 6) is -1.60. The molecule has 0 radical (unpaired) electrons. The molecule has 0 aliphatic carbocycles. The van der Waals surface area contributed by atoms with Gasteiger partial charge in [-0.1, -0.05) is 49.7 Å². The monoisotopic (exact) mass is 560 g/mol. The summed E-state index contributed by atoms with van der Waals surface area (Å²) in [6, 6.07) is 17.6. The molecule has 0 aliphatic rings. The van der Waals surface area contributed by atoms with Gasteiger partial charge in [-0.25, -0.2) is 8.78 Å². The van der Waals surface area contributed by atoms with Crippen molar-refractivity contribution in [2.45, 2.75) is 19.8 Å². The summed E-state index contributed by atoms with van der Waals surface area (Å²) in [4.78, 5) is 0. The third-order valence-electron chi connectivity index (χ3n) is 4.09. The van der Waals surface area contributed by atoms with E-state index in [9.17, 15) is 8.78 Å². The highest BCUT2D eigenvalue weighted by Crippen LogP contribution is 2.32. The summed E-state index contributed by atoms with van der Waals surface area (Å²) < 4.78 is 28.5. The van der Waals surface area contributed by atoms with E-state index in [1.165, 1.54) is 11.6 Å². The highest BCUT2D eigenvalue weighted by atomic mass is 127. The van der Waals surface area contributed by atoms with Crippen LogP contribution in [0.25, 0.3) is 22.3 Å². The molecule has 0 nitrogen and oxygen atoms in total. The van der Waals surface area contributed by atoms with Crippen molar-refractivity contribution in [2.75, 3.05) is 0 Å². The van der Waals surface area contributed by atoms with Gasteiger partial charge < -0.3 is 0 Å². The molecule has 0 N–H and O–H groups in total. The van der Waals surface area contributed by atoms with Crippen molar-refractivity contribution in [1.29, 1.82) is 0 Å². The SMILES string of the molecule is CCCc1ccc(-c2ccc(-c3cc(F)c(F)c(I)c3)c(I)c2)cc1. The largest absolute Gasteiger partial charge is 0.204 e. The predicted molar refractivity (Wildman–Crippen MR) is 117 cm³/mol. The molecular formula is C21H16F2I2. The second-order valence-electron chi connectivity index (χ2n) is 5.90. The Morgan fingerprint density at radius 2 is 1.40 bits per heavy atom. The van der Waals surface area contributed by atoms with Gasteiger partial charge in [-0.3, -0.25) is 0 Å². The highest BCUT2D eigenvalue weighted by Gasteiger charge is 2.12. The molecule has 128 valence electrons. The first-order chi connectivity index (χ1) is 12.0. The summed E-state index contributed by atoms with van der Waals surface area (Å²) >= 11 is 4.07. The molecule has 0 aliphatic heterocycles. The lowest BCUT2D eigenvalue weighted by Gasteiger charge is -2.10. The van der Waals surface area contributed by atoms with E-state index in [0.717, 1.165) is 33.1 Å². The number of aryl methyl sites for hydroxylation is 1. The third-order valence-corrected chi connectivity index (χ3v) is 5.77. The van der Waals surface area contributed by atoms with Crippen LogP contribution in [0.1, 0.15) is 18.9 Å². The lowest BCUT2D eigenvalue weighted by atomic mass is 9.99. The van der Waals surface area contributed by atoms with Gasteiger partial charge in [0, 0.05) is 3.57 Å². The first-order valence-electron chi connectivity index (χ1n) is 8.03. The van der Waals surface area contributed by atoms with Crippen molar-refractivity contribution in [3.8, 4) is 22.3 Å². The normalized spacial score (nSPS) is 10.9. The summed E-state index contributed by atoms with van der Waals surface area (Å²) in [6.45, 7) is 2.18. The Morgan fingerprint density at radius 3 is 2.00 bits per heavy atom. The number of benzene rings is 3. The van der Waals surface area contributed by atoms with Crippen LogP contribution in [0, 0.1) is 18.8 Å². The minimum absolute atomic E-state index is 0.291. The number of hydrogen-bond donors (Lipinski definition) is 0. The third kappa shape index (κ3) is 4.22. The topological polar surface area (TPSA) is 0 Å². The van der Waals surface area contributed by atoms with Crippen LogP contribution in [-0.4, -0.2) is 0 Å². The zero-order valence-corrected chi connectivity index (χ0v) is 17.9. The minimum Gasteiger partial charge on any atom is -0.204 e. The maximum absolute atomic E-state index is 13.7. The van der Waals surface area contributed by atoms with Gasteiger partial charge in [0.1, 0.15) is 0 Å². The molecule has 0 heterocycles. The van der Waals surface area contributed by atoms with Crippen molar-refractivity contribution in [3.63, 3.8) is 0 Å². The van der Waals surface area contributed by atoms with Crippen LogP contribution in [0.5, 0.6) is 0 Å². The van der Waals surface area contributed by atoms with Gasteiger partial charge >= 0.3 is 0 Å². The second kappa shape index (κ2) is 8.12. The molecular weight excluding hydrogens is 544 g/mol. The zero-order valence-electron chi connectivity index (χ0n) is 13.6. The molecule has 0 atom stereocenters. The number of hydrogen-bond acceptors (Lipinski definition) is 0. The molecule has 25 heavy (non-hydrogen) atoms. The smallest absolute Gasteiger partial charge is 0.172 e. The lowest BCUT2D eigenvalue weighted by molar-refractivity contribution is 0.504. The van der Waals surface area contributed by atoms with Crippen LogP contribution in [0.15, 0.2) is 54.6 Å². The molecule has 0 saturated heterocycles. The second-order valence-corrected chi connectivity index (χ2v) is 8.22. The van der Waals surface area contributed by atoms with Gasteiger partial charge in [0.15, 0.2) is 11.6 Å². The predicted octanol–water partition coefficient (Wildman–Crippen LogP) is 7.46. The van der Waals surface area contributed by atoms with Gasteiger partial charge in [0.2, 0.25) is 0 Å². The molecule has 0 aromatic heterocycles. The minimum atomic E-state index is -0.812. The van der Waals surface area contributed by atoms with Gasteiger partial charge in [-0.05, 0) is 97.6 Å². The van der Waals surface area contributed by atoms with Crippen LogP contribution in [0.4, 0.5) is 8.78 Å². The van der Waals surface area contributed by atoms with E-state index >= 15 is 0 Å². The van der Waals surface area contributed by atoms with E-state index in [1.807, 2.05) is 34.7 Å². The lowest BCUT2D eigenvalue weighted by Crippen LogP contribution is -1.92. The van der Waals surface area contributed by atoms with Crippen molar-refractivity contribution in [1.82, 2.24) is 0 Å². The van der Waals surface area contributed by atoms with E-state index in [1.54, 1.807) is 6.07 Å². The van der Waals surface area contributed by atoms with E-state index < -0.39 is 11.6 Å². The fourth-order valence-electron chi connectivity index (χ4n) is 2.79. The van der Waals surface area contributed by atoms with Crippen molar-refractivity contribution >= 4 is 45.2 Å². The summed E-state index contributed by atoms with van der Waals surface area (Å²) in [6.07, 6.45) is 2.23.